The molecule has 0 radical (unpaired) electrons. The van der Waals surface area contributed by atoms with Crippen LogP contribution in [0.1, 0.15) is 13.8 Å². The van der Waals surface area contributed by atoms with Crippen molar-refractivity contribution in [3.8, 4) is 22.8 Å². The third-order valence-corrected chi connectivity index (χ3v) is 5.76. The van der Waals surface area contributed by atoms with Gasteiger partial charge < -0.3 is 10.2 Å². The molecule has 2 aromatic heterocycles. The summed E-state index contributed by atoms with van der Waals surface area (Å²) in [5.74, 6) is 0.332. The van der Waals surface area contributed by atoms with Gasteiger partial charge in [0.15, 0.2) is 9.84 Å². The summed E-state index contributed by atoms with van der Waals surface area (Å²) in [6.45, 7) is 3.28. The summed E-state index contributed by atoms with van der Waals surface area (Å²) in [6.07, 6.45) is 1.60. The van der Waals surface area contributed by atoms with Crippen LogP contribution in [-0.4, -0.2) is 28.8 Å². The highest BCUT2D eigenvalue weighted by Gasteiger charge is 2.21. The number of nitrogens with one attached hydrogen (secondary N) is 1. The number of anilines is 2. The number of hydrogen-bond acceptors (Lipinski definition) is 8. The predicted octanol–water partition coefficient (Wildman–Crippen LogP) is 0.959. The highest BCUT2D eigenvalue weighted by Crippen LogP contribution is 2.25. The lowest BCUT2D eigenvalue weighted by molar-refractivity contribution is -0.359. The molecule has 0 amide bonds. The number of rotatable bonds is 4. The van der Waals surface area contributed by atoms with Crippen molar-refractivity contribution < 1.29 is 17.8 Å². The number of sulfone groups is 1. The summed E-state index contributed by atoms with van der Waals surface area (Å²) in [5.41, 5.74) is 12.8. The minimum atomic E-state index is -3.33. The molecule has 0 spiro atoms. The molecule has 2 heterocycles. The monoisotopic (exact) mass is 361 g/mol. The van der Waals surface area contributed by atoms with Crippen molar-refractivity contribution in [2.75, 3.05) is 11.5 Å². The number of aromatic nitrogens is 4. The summed E-state index contributed by atoms with van der Waals surface area (Å²) in [7, 11) is -3.33. The fourth-order valence-corrected chi connectivity index (χ4v) is 3.22. The third-order valence-electron chi connectivity index (χ3n) is 3.59. The molecule has 0 aliphatic carbocycles. The van der Waals surface area contributed by atoms with E-state index in [1.165, 1.54) is 0 Å². The van der Waals surface area contributed by atoms with Gasteiger partial charge in [-0.05, 0) is 26.0 Å². The number of nitrogen functional groups attached to an aromatic ring is 2. The van der Waals surface area contributed by atoms with E-state index in [0.717, 1.165) is 0 Å². The highest BCUT2D eigenvalue weighted by atomic mass is 32.2. The van der Waals surface area contributed by atoms with Gasteiger partial charge in [0.25, 0.3) is 5.89 Å². The Balaban J connectivity index is 2.00. The SMILES string of the molecule is CC(C)S(=O)(=O)c1ccc(-c2c[nH+]c(N)c(-c3nnc(N)o3)n2)cc1. The molecule has 5 N–H and O–H groups in total. The Morgan fingerprint density at radius 1 is 1.12 bits per heavy atom. The van der Waals surface area contributed by atoms with Crippen LogP contribution in [0.15, 0.2) is 39.8 Å². The molecule has 0 atom stereocenters. The normalized spacial score (nSPS) is 11.8. The van der Waals surface area contributed by atoms with Gasteiger partial charge in [0.1, 0.15) is 11.9 Å². The van der Waals surface area contributed by atoms with E-state index in [0.29, 0.717) is 11.3 Å². The van der Waals surface area contributed by atoms with Gasteiger partial charge in [-0.2, -0.15) is 0 Å². The lowest BCUT2D eigenvalue weighted by Gasteiger charge is -2.08. The van der Waals surface area contributed by atoms with E-state index < -0.39 is 15.1 Å². The molecule has 3 rings (SSSR count). The maximum absolute atomic E-state index is 12.2. The van der Waals surface area contributed by atoms with Crippen molar-refractivity contribution in [1.29, 1.82) is 0 Å². The molecule has 10 heteroatoms. The van der Waals surface area contributed by atoms with Gasteiger partial charge in [0, 0.05) is 5.56 Å². The number of nitrogens with zero attached hydrogens (tertiary/aromatic N) is 3. The molecule has 130 valence electrons. The average molecular weight is 361 g/mol. The molecule has 0 bridgehead atoms. The number of hydrogen-bond donors (Lipinski definition) is 2. The second kappa shape index (κ2) is 6.13. The molecular weight excluding hydrogens is 344 g/mol. The second-order valence-electron chi connectivity index (χ2n) is 5.61. The Bertz CT molecular complexity index is 1010. The summed E-state index contributed by atoms with van der Waals surface area (Å²) in [4.78, 5) is 7.52. The largest absolute Gasteiger partial charge is 0.401 e. The molecule has 0 aliphatic rings. The molecule has 0 saturated carbocycles. The number of nitrogens with two attached hydrogens (primary N) is 2. The highest BCUT2D eigenvalue weighted by molar-refractivity contribution is 7.92. The average Bonchev–Trinajstić information content (AvgIpc) is 3.01. The fraction of sp³-hybridized carbons (Fsp3) is 0.200. The topological polar surface area (TPSA) is 152 Å². The minimum absolute atomic E-state index is 0.0899. The van der Waals surface area contributed by atoms with Crippen molar-refractivity contribution in [1.82, 2.24) is 15.2 Å². The van der Waals surface area contributed by atoms with Gasteiger partial charge in [-0.1, -0.05) is 17.2 Å². The van der Waals surface area contributed by atoms with E-state index in [1.54, 1.807) is 44.3 Å². The molecule has 0 unspecified atom stereocenters. The number of H-pyrrole nitrogens is 1. The van der Waals surface area contributed by atoms with E-state index >= 15 is 0 Å². The summed E-state index contributed by atoms with van der Waals surface area (Å²) in [6, 6.07) is 6.35. The molecule has 3 aromatic rings. The lowest BCUT2D eigenvalue weighted by atomic mass is 10.1. The Kier molecular flexibility index (Phi) is 4.13. The zero-order valence-electron chi connectivity index (χ0n) is 13.6. The molecule has 1 aromatic carbocycles. The quantitative estimate of drug-likeness (QED) is 0.697. The number of benzene rings is 1. The first kappa shape index (κ1) is 16.8. The molecular formula is C15H17N6O3S+. The Morgan fingerprint density at radius 3 is 2.36 bits per heavy atom. The molecule has 9 nitrogen and oxygen atoms in total. The fourth-order valence-electron chi connectivity index (χ4n) is 2.16. The number of aromatic amines is 1. The standard InChI is InChI=1S/C15H16N6O3S/c1-8(2)25(22,23)10-5-3-9(4-6-10)11-7-18-13(16)12(19-11)14-20-21-15(17)24-14/h3-8H,1-2H3,(H2,16,18)(H2,17,21)/p+1. The smallest absolute Gasteiger partial charge is 0.313 e. The van der Waals surface area contributed by atoms with Crippen LogP contribution in [0.2, 0.25) is 0 Å². The van der Waals surface area contributed by atoms with Crippen LogP contribution in [0.3, 0.4) is 0 Å². The predicted molar refractivity (Wildman–Crippen MR) is 90.7 cm³/mol. The Hall–Kier alpha value is -3.01. The van der Waals surface area contributed by atoms with E-state index in [2.05, 4.69) is 20.2 Å². The van der Waals surface area contributed by atoms with Crippen molar-refractivity contribution >= 4 is 21.7 Å². The van der Waals surface area contributed by atoms with Gasteiger partial charge >= 0.3 is 11.8 Å². The van der Waals surface area contributed by atoms with Crippen molar-refractivity contribution in [2.45, 2.75) is 24.0 Å². The van der Waals surface area contributed by atoms with Gasteiger partial charge in [-0.3, -0.25) is 5.73 Å². The van der Waals surface area contributed by atoms with Crippen molar-refractivity contribution in [3.05, 3.63) is 30.5 Å². The first-order valence-corrected chi connectivity index (χ1v) is 8.95. The van der Waals surface area contributed by atoms with Gasteiger partial charge in [-0.15, -0.1) is 5.10 Å². The van der Waals surface area contributed by atoms with E-state index in [9.17, 15) is 8.42 Å². The first-order chi connectivity index (χ1) is 11.8. The Morgan fingerprint density at radius 2 is 1.80 bits per heavy atom. The summed E-state index contributed by atoms with van der Waals surface area (Å²) >= 11 is 0. The van der Waals surface area contributed by atoms with Gasteiger partial charge in [0.2, 0.25) is 5.69 Å². The third kappa shape index (κ3) is 3.15. The molecule has 0 aliphatic heterocycles. The van der Waals surface area contributed by atoms with Crippen LogP contribution in [0.25, 0.3) is 22.8 Å². The van der Waals surface area contributed by atoms with E-state index in [1.807, 2.05) is 0 Å². The zero-order chi connectivity index (χ0) is 18.2. The van der Waals surface area contributed by atoms with Crippen molar-refractivity contribution in [3.63, 3.8) is 0 Å². The second-order valence-corrected chi connectivity index (χ2v) is 8.12. The zero-order valence-corrected chi connectivity index (χ0v) is 14.4. The summed E-state index contributed by atoms with van der Waals surface area (Å²) < 4.78 is 29.5. The Labute approximate surface area is 144 Å². The maximum atomic E-state index is 12.2. The molecule has 0 saturated heterocycles. The minimum Gasteiger partial charge on any atom is -0.401 e. The van der Waals surface area contributed by atoms with Crippen LogP contribution < -0.4 is 16.5 Å². The first-order valence-electron chi connectivity index (χ1n) is 7.41. The van der Waals surface area contributed by atoms with E-state index in [-0.39, 0.29) is 28.3 Å². The lowest BCUT2D eigenvalue weighted by Crippen LogP contribution is -2.14. The van der Waals surface area contributed by atoms with Gasteiger partial charge in [-0.25, -0.2) is 18.4 Å². The van der Waals surface area contributed by atoms with Crippen LogP contribution in [0, 0.1) is 0 Å². The van der Waals surface area contributed by atoms with Crippen LogP contribution >= 0.6 is 0 Å². The van der Waals surface area contributed by atoms with Crippen LogP contribution in [0.5, 0.6) is 0 Å². The summed E-state index contributed by atoms with van der Waals surface area (Å²) in [5, 5.41) is 6.85. The molecule has 0 fully saturated rings. The maximum Gasteiger partial charge on any atom is 0.313 e. The molecule has 25 heavy (non-hydrogen) atoms. The van der Waals surface area contributed by atoms with Crippen LogP contribution in [0.4, 0.5) is 11.8 Å². The van der Waals surface area contributed by atoms with Crippen molar-refractivity contribution in [2.24, 2.45) is 0 Å². The van der Waals surface area contributed by atoms with Crippen LogP contribution in [-0.2, 0) is 9.84 Å². The van der Waals surface area contributed by atoms with E-state index in [4.69, 9.17) is 15.9 Å². The van der Waals surface area contributed by atoms with Gasteiger partial charge in [0.05, 0.1) is 10.1 Å².